The molecule has 1 aliphatic rings. The van der Waals surface area contributed by atoms with E-state index in [1.807, 2.05) is 79.7 Å². The summed E-state index contributed by atoms with van der Waals surface area (Å²) in [5.41, 5.74) is 4.74. The van der Waals surface area contributed by atoms with Crippen LogP contribution in [-0.2, 0) is 0 Å². The molecule has 0 radical (unpaired) electrons. The van der Waals surface area contributed by atoms with Gasteiger partial charge in [-0.05, 0) is 42.1 Å². The first-order chi connectivity index (χ1) is 14.1. The number of pyridine rings is 1. The van der Waals surface area contributed by atoms with Gasteiger partial charge in [-0.25, -0.2) is 4.57 Å². The lowest BCUT2D eigenvalue weighted by Gasteiger charge is -2.16. The second kappa shape index (κ2) is 6.60. The average Bonchev–Trinajstić information content (AvgIpc) is 3.15. The normalized spacial score (nSPS) is 13.9. The van der Waals surface area contributed by atoms with Crippen LogP contribution in [-0.4, -0.2) is 15.9 Å². The monoisotopic (exact) mass is 378 g/mol. The van der Waals surface area contributed by atoms with Gasteiger partial charge in [0.05, 0.1) is 11.4 Å². The molecule has 1 aromatic heterocycles. The zero-order valence-corrected chi connectivity index (χ0v) is 15.8. The molecule has 4 nitrogen and oxygen atoms in total. The first kappa shape index (κ1) is 17.2. The highest BCUT2D eigenvalue weighted by Crippen LogP contribution is 2.36. The minimum absolute atomic E-state index is 0.0757. The maximum Gasteiger partial charge on any atom is 0.265 e. The Hall–Kier alpha value is -3.92. The molecule has 5 rings (SSSR count). The first-order valence-corrected chi connectivity index (χ1v) is 9.43. The van der Waals surface area contributed by atoms with Crippen LogP contribution in [0.3, 0.4) is 0 Å². The summed E-state index contributed by atoms with van der Waals surface area (Å²) in [6.07, 6.45) is 3.70. The average molecular weight is 378 g/mol. The number of rotatable bonds is 2. The molecule has 0 amide bonds. The summed E-state index contributed by atoms with van der Waals surface area (Å²) in [5.74, 6) is -0.0757. The Morgan fingerprint density at radius 3 is 2.41 bits per heavy atom. The number of aromatic nitrogens is 1. The molecule has 2 heterocycles. The number of nitrogens with zero attached hydrogens (tertiary/aromatic N) is 2. The summed E-state index contributed by atoms with van der Waals surface area (Å²) in [5, 5.41) is 12.5. The fraction of sp³-hybridized carbons (Fsp3) is 0.0400. The number of aryl methyl sites for hydroxylation is 1. The summed E-state index contributed by atoms with van der Waals surface area (Å²) in [6, 6.07) is 22.8. The topological polar surface area (TPSA) is 54.6 Å². The highest BCUT2D eigenvalue weighted by molar-refractivity contribution is 6.22. The first-order valence-electron chi connectivity index (χ1n) is 9.43. The molecule has 0 bridgehead atoms. The molecule has 0 spiro atoms. The third-order valence-electron chi connectivity index (χ3n) is 5.32. The summed E-state index contributed by atoms with van der Waals surface area (Å²) < 4.78 is 1.39. The summed E-state index contributed by atoms with van der Waals surface area (Å²) in [4.78, 5) is 17.7. The fourth-order valence-corrected chi connectivity index (χ4v) is 3.85. The number of hydrogen-bond donors (Lipinski definition) is 1. The predicted octanol–water partition coefficient (Wildman–Crippen LogP) is 5.26. The van der Waals surface area contributed by atoms with Crippen molar-refractivity contribution in [3.8, 4) is 11.6 Å². The van der Waals surface area contributed by atoms with Crippen LogP contribution in [0.25, 0.3) is 28.1 Å². The Kier molecular flexibility index (Phi) is 3.91. The largest absolute Gasteiger partial charge is 0.494 e. The molecule has 1 N–H and O–H groups in total. The number of benzene rings is 3. The molecule has 0 fully saturated rings. The fourth-order valence-electron chi connectivity index (χ4n) is 3.85. The van der Waals surface area contributed by atoms with Gasteiger partial charge in [0.25, 0.3) is 5.56 Å². The Morgan fingerprint density at radius 1 is 0.897 bits per heavy atom. The predicted molar refractivity (Wildman–Crippen MR) is 118 cm³/mol. The molecule has 0 atom stereocenters. The van der Waals surface area contributed by atoms with E-state index >= 15 is 0 Å². The maximum atomic E-state index is 13.2. The number of aliphatic imine (C=N–C) groups is 1. The van der Waals surface area contributed by atoms with Crippen molar-refractivity contribution in [3.63, 3.8) is 0 Å². The van der Waals surface area contributed by atoms with Crippen LogP contribution in [0.4, 0.5) is 5.69 Å². The third kappa shape index (κ3) is 2.69. The quantitative estimate of drug-likeness (QED) is 0.517. The highest BCUT2D eigenvalue weighted by atomic mass is 16.3. The van der Waals surface area contributed by atoms with Gasteiger partial charge in [0.15, 0.2) is 0 Å². The molecule has 29 heavy (non-hydrogen) atoms. The summed E-state index contributed by atoms with van der Waals surface area (Å²) in [6.45, 7) is 1.93. The molecule has 0 saturated carbocycles. The SMILES string of the molecule is Cc1ccccc1-n1c(O)c(C=C2C=Nc3ccccc32)c2ccccc2c1=O. The highest BCUT2D eigenvalue weighted by Gasteiger charge is 2.19. The maximum absolute atomic E-state index is 13.2. The smallest absolute Gasteiger partial charge is 0.265 e. The third-order valence-corrected chi connectivity index (χ3v) is 5.32. The van der Waals surface area contributed by atoms with Gasteiger partial charge in [-0.3, -0.25) is 9.79 Å². The van der Waals surface area contributed by atoms with Crippen molar-refractivity contribution in [2.75, 3.05) is 0 Å². The summed E-state index contributed by atoms with van der Waals surface area (Å²) >= 11 is 0. The second-order valence-electron chi connectivity index (χ2n) is 7.08. The molecule has 3 aromatic carbocycles. The lowest BCUT2D eigenvalue weighted by Crippen LogP contribution is -2.20. The van der Waals surface area contributed by atoms with Crippen LogP contribution in [0.1, 0.15) is 16.7 Å². The second-order valence-corrected chi connectivity index (χ2v) is 7.08. The van der Waals surface area contributed by atoms with Crippen molar-refractivity contribution in [2.45, 2.75) is 6.92 Å². The Morgan fingerprint density at radius 2 is 1.59 bits per heavy atom. The zero-order valence-electron chi connectivity index (χ0n) is 15.8. The van der Waals surface area contributed by atoms with Gasteiger partial charge in [0.2, 0.25) is 5.88 Å². The van der Waals surface area contributed by atoms with Gasteiger partial charge < -0.3 is 5.11 Å². The molecule has 140 valence electrons. The standard InChI is InChI=1S/C25H18N2O2/c1-16-8-2-7-13-23(16)27-24(28)20-11-4-3-10-19(20)21(25(27)29)14-17-15-26-22-12-6-5-9-18(17)22/h2-15,29H,1H3. The Balaban J connectivity index is 1.86. The molecule has 0 unspecified atom stereocenters. The Bertz CT molecular complexity index is 1390. The van der Waals surface area contributed by atoms with Crippen LogP contribution in [0.2, 0.25) is 0 Å². The van der Waals surface area contributed by atoms with Crippen LogP contribution in [0.15, 0.2) is 82.6 Å². The van der Waals surface area contributed by atoms with E-state index in [0.717, 1.165) is 22.4 Å². The molecule has 4 aromatic rings. The number of para-hydroxylation sites is 2. The van der Waals surface area contributed by atoms with E-state index in [0.29, 0.717) is 22.0 Å². The summed E-state index contributed by atoms with van der Waals surface area (Å²) in [7, 11) is 0. The molecule has 0 saturated heterocycles. The van der Waals surface area contributed by atoms with Crippen LogP contribution in [0, 0.1) is 6.92 Å². The van der Waals surface area contributed by atoms with Crippen molar-refractivity contribution in [3.05, 3.63) is 99.8 Å². The Labute approximate surface area is 167 Å². The lowest BCUT2D eigenvalue weighted by atomic mass is 10.0. The zero-order chi connectivity index (χ0) is 20.0. The van der Waals surface area contributed by atoms with E-state index in [2.05, 4.69) is 4.99 Å². The van der Waals surface area contributed by atoms with Gasteiger partial charge in [-0.15, -0.1) is 0 Å². The number of hydrogen-bond acceptors (Lipinski definition) is 3. The molecular weight excluding hydrogens is 360 g/mol. The minimum atomic E-state index is -0.241. The van der Waals surface area contributed by atoms with Gasteiger partial charge in [0, 0.05) is 28.3 Å². The van der Waals surface area contributed by atoms with Gasteiger partial charge >= 0.3 is 0 Å². The van der Waals surface area contributed by atoms with Crippen LogP contribution < -0.4 is 5.56 Å². The van der Waals surface area contributed by atoms with E-state index in [1.165, 1.54) is 4.57 Å². The van der Waals surface area contributed by atoms with Gasteiger partial charge in [0.1, 0.15) is 0 Å². The minimum Gasteiger partial charge on any atom is -0.494 e. The van der Waals surface area contributed by atoms with Crippen LogP contribution >= 0.6 is 0 Å². The van der Waals surface area contributed by atoms with Crippen molar-refractivity contribution >= 4 is 34.3 Å². The van der Waals surface area contributed by atoms with Crippen molar-refractivity contribution in [1.29, 1.82) is 0 Å². The van der Waals surface area contributed by atoms with Gasteiger partial charge in [-0.1, -0.05) is 54.6 Å². The van der Waals surface area contributed by atoms with E-state index < -0.39 is 0 Å². The van der Waals surface area contributed by atoms with E-state index in [9.17, 15) is 9.90 Å². The lowest BCUT2D eigenvalue weighted by molar-refractivity contribution is 0.435. The molecular formula is C25H18N2O2. The number of allylic oxidation sites excluding steroid dienone is 1. The molecule has 4 heteroatoms. The van der Waals surface area contributed by atoms with Crippen LogP contribution in [0.5, 0.6) is 5.88 Å². The number of aromatic hydroxyl groups is 1. The molecule has 0 aliphatic carbocycles. The van der Waals surface area contributed by atoms with E-state index in [-0.39, 0.29) is 11.4 Å². The van der Waals surface area contributed by atoms with Crippen molar-refractivity contribution < 1.29 is 5.11 Å². The van der Waals surface area contributed by atoms with E-state index in [1.54, 1.807) is 12.3 Å². The van der Waals surface area contributed by atoms with E-state index in [4.69, 9.17) is 0 Å². The van der Waals surface area contributed by atoms with Gasteiger partial charge in [-0.2, -0.15) is 0 Å². The van der Waals surface area contributed by atoms with Crippen molar-refractivity contribution in [2.24, 2.45) is 4.99 Å². The van der Waals surface area contributed by atoms with Crippen molar-refractivity contribution in [1.82, 2.24) is 4.57 Å². The number of fused-ring (bicyclic) bond motifs is 2. The molecule has 1 aliphatic heterocycles.